The molecule has 0 atom stereocenters. The van der Waals surface area contributed by atoms with Crippen LogP contribution in [0.3, 0.4) is 0 Å². The molecule has 0 aliphatic heterocycles. The van der Waals surface area contributed by atoms with E-state index >= 15 is 0 Å². The molecular formula is C22H18BrN5O4S. The van der Waals surface area contributed by atoms with Crippen LogP contribution in [0.4, 0.5) is 5.13 Å². The van der Waals surface area contributed by atoms with Crippen LogP contribution in [-0.4, -0.2) is 38.2 Å². The van der Waals surface area contributed by atoms with Gasteiger partial charge in [0.05, 0.1) is 12.8 Å². The maximum absolute atomic E-state index is 12.5. The number of halogens is 1. The average Bonchev–Trinajstić information content (AvgIpc) is 3.28. The molecule has 4 rings (SSSR count). The first-order valence-electron chi connectivity index (χ1n) is 9.80. The Morgan fingerprint density at radius 2 is 1.97 bits per heavy atom. The maximum atomic E-state index is 12.5. The minimum Gasteiger partial charge on any atom is -0.497 e. The van der Waals surface area contributed by atoms with Crippen molar-refractivity contribution in [3.05, 3.63) is 78.9 Å². The Morgan fingerprint density at radius 1 is 1.21 bits per heavy atom. The number of rotatable bonds is 6. The van der Waals surface area contributed by atoms with Crippen molar-refractivity contribution in [1.29, 1.82) is 0 Å². The Balaban J connectivity index is 1.71. The molecular weight excluding hydrogens is 510 g/mol. The largest absolute Gasteiger partial charge is 0.497 e. The first-order valence-corrected chi connectivity index (χ1v) is 11.4. The summed E-state index contributed by atoms with van der Waals surface area (Å²) in [6.45, 7) is 1.93. The fourth-order valence-corrected chi connectivity index (χ4v) is 4.28. The number of hydrogen-bond donors (Lipinski definition) is 2. The molecule has 2 N–H and O–H groups in total. The van der Waals surface area contributed by atoms with Crippen molar-refractivity contribution >= 4 is 38.6 Å². The summed E-state index contributed by atoms with van der Waals surface area (Å²) >= 11 is 4.62. The number of ether oxygens (including phenoxy) is 1. The van der Waals surface area contributed by atoms with Crippen LogP contribution in [0.2, 0.25) is 0 Å². The van der Waals surface area contributed by atoms with Gasteiger partial charge in [0.15, 0.2) is 0 Å². The molecule has 0 saturated heterocycles. The van der Waals surface area contributed by atoms with Crippen LogP contribution in [0.25, 0.3) is 16.3 Å². The van der Waals surface area contributed by atoms with E-state index in [9.17, 15) is 14.7 Å². The summed E-state index contributed by atoms with van der Waals surface area (Å²) in [5.41, 5.74) is 0.445. The lowest BCUT2D eigenvalue weighted by Crippen LogP contribution is -2.31. The fourth-order valence-electron chi connectivity index (χ4n) is 3.17. The Hall–Kier alpha value is -3.57. The van der Waals surface area contributed by atoms with Crippen molar-refractivity contribution in [3.8, 4) is 27.9 Å². The second-order valence-corrected chi connectivity index (χ2v) is 8.71. The highest BCUT2D eigenvalue weighted by atomic mass is 79.9. The topological polar surface area (TPSA) is 122 Å². The molecule has 168 valence electrons. The number of aromatic nitrogens is 4. The summed E-state index contributed by atoms with van der Waals surface area (Å²) < 4.78 is 7.04. The summed E-state index contributed by atoms with van der Waals surface area (Å²) in [5, 5.41) is 19.9. The van der Waals surface area contributed by atoms with E-state index in [1.54, 1.807) is 19.2 Å². The van der Waals surface area contributed by atoms with Crippen LogP contribution in [0.5, 0.6) is 11.6 Å². The molecule has 11 heteroatoms. The summed E-state index contributed by atoms with van der Waals surface area (Å²) in [4.78, 5) is 31.3. The zero-order valence-electron chi connectivity index (χ0n) is 17.6. The minimum absolute atomic E-state index is 0.166. The summed E-state index contributed by atoms with van der Waals surface area (Å²) in [5.74, 6) is 0.216. The van der Waals surface area contributed by atoms with Crippen LogP contribution in [0.15, 0.2) is 61.5 Å². The van der Waals surface area contributed by atoms with Crippen molar-refractivity contribution in [2.45, 2.75) is 13.3 Å². The number of H-pyrrole nitrogens is 1. The van der Waals surface area contributed by atoms with E-state index < -0.39 is 17.1 Å². The van der Waals surface area contributed by atoms with Gasteiger partial charge in [-0.3, -0.25) is 9.78 Å². The van der Waals surface area contributed by atoms with Crippen LogP contribution in [-0.2, 0) is 6.42 Å². The molecule has 0 amide bonds. The number of nitrogens with one attached hydrogen (secondary N) is 1. The van der Waals surface area contributed by atoms with Gasteiger partial charge in [-0.15, -0.1) is 10.2 Å². The van der Waals surface area contributed by atoms with E-state index in [0.717, 1.165) is 25.9 Å². The van der Waals surface area contributed by atoms with Crippen molar-refractivity contribution in [3.63, 3.8) is 0 Å². The molecule has 4 aromatic rings. The molecule has 0 aliphatic carbocycles. The standard InChI is InChI=1S/C22H18BrN5O4S/c1-3-12-10-14(23)6-9-17(12)28-20(30)16(18(29)25-22(28)31)11-24-21-27-26-19(33-21)13-4-7-15(32-2)8-5-13/h4-11,30H,3H2,1-2H3,(H,25,29,31). The lowest BCUT2D eigenvalue weighted by molar-refractivity contribution is 0.415. The lowest BCUT2D eigenvalue weighted by Gasteiger charge is -2.13. The van der Waals surface area contributed by atoms with Gasteiger partial charge in [-0.1, -0.05) is 34.2 Å². The first-order chi connectivity index (χ1) is 15.9. The molecule has 0 spiro atoms. The van der Waals surface area contributed by atoms with E-state index in [1.807, 2.05) is 37.3 Å². The predicted molar refractivity (Wildman–Crippen MR) is 131 cm³/mol. The van der Waals surface area contributed by atoms with E-state index in [1.165, 1.54) is 17.6 Å². The number of aromatic hydroxyl groups is 1. The van der Waals surface area contributed by atoms with Gasteiger partial charge >= 0.3 is 5.69 Å². The molecule has 0 unspecified atom stereocenters. The Bertz CT molecular complexity index is 1460. The fraction of sp³-hybridized carbons (Fsp3) is 0.136. The molecule has 0 fully saturated rings. The smallest absolute Gasteiger partial charge is 0.335 e. The van der Waals surface area contributed by atoms with Gasteiger partial charge in [0, 0.05) is 16.3 Å². The number of aliphatic imine (C=N–C) groups is 1. The van der Waals surface area contributed by atoms with Crippen molar-refractivity contribution in [2.24, 2.45) is 4.99 Å². The van der Waals surface area contributed by atoms with Gasteiger partial charge in [0.25, 0.3) is 5.56 Å². The molecule has 2 aromatic carbocycles. The van der Waals surface area contributed by atoms with Gasteiger partial charge < -0.3 is 9.84 Å². The zero-order chi connectivity index (χ0) is 23.5. The second kappa shape index (κ2) is 9.51. The van der Waals surface area contributed by atoms with Gasteiger partial charge in [-0.05, 0) is 54.4 Å². The van der Waals surface area contributed by atoms with E-state index in [-0.39, 0.29) is 10.7 Å². The maximum Gasteiger partial charge on any atom is 0.335 e. The summed E-state index contributed by atoms with van der Waals surface area (Å²) in [7, 11) is 1.59. The third-order valence-corrected chi connectivity index (χ3v) is 6.21. The van der Waals surface area contributed by atoms with E-state index in [2.05, 4.69) is 36.1 Å². The highest BCUT2D eigenvalue weighted by Crippen LogP contribution is 2.29. The van der Waals surface area contributed by atoms with Gasteiger partial charge in [-0.25, -0.2) is 14.4 Å². The number of hydrogen-bond acceptors (Lipinski definition) is 8. The van der Waals surface area contributed by atoms with Gasteiger partial charge in [0.1, 0.15) is 16.3 Å². The third-order valence-electron chi connectivity index (χ3n) is 4.84. The summed E-state index contributed by atoms with van der Waals surface area (Å²) in [6, 6.07) is 12.6. The molecule has 2 aromatic heterocycles. The van der Waals surface area contributed by atoms with Crippen molar-refractivity contribution < 1.29 is 9.84 Å². The van der Waals surface area contributed by atoms with Crippen LogP contribution in [0, 0.1) is 0 Å². The highest BCUT2D eigenvalue weighted by Gasteiger charge is 2.17. The van der Waals surface area contributed by atoms with Crippen molar-refractivity contribution in [1.82, 2.24) is 19.7 Å². The third kappa shape index (κ3) is 4.64. The molecule has 0 bridgehead atoms. The van der Waals surface area contributed by atoms with Crippen LogP contribution in [0.1, 0.15) is 18.1 Å². The van der Waals surface area contributed by atoms with Crippen molar-refractivity contribution in [2.75, 3.05) is 7.11 Å². The Labute approximate surface area is 200 Å². The number of benzene rings is 2. The second-order valence-electron chi connectivity index (χ2n) is 6.84. The first kappa shape index (κ1) is 22.6. The van der Waals surface area contributed by atoms with E-state index in [4.69, 9.17) is 4.74 Å². The number of aryl methyl sites for hydroxylation is 1. The molecule has 9 nitrogen and oxygen atoms in total. The molecule has 0 radical (unpaired) electrons. The minimum atomic E-state index is -0.757. The molecule has 0 aliphatic rings. The lowest BCUT2D eigenvalue weighted by atomic mass is 10.1. The zero-order valence-corrected chi connectivity index (χ0v) is 20.0. The number of nitrogens with zero attached hydrogens (tertiary/aromatic N) is 4. The quantitative estimate of drug-likeness (QED) is 0.367. The summed E-state index contributed by atoms with van der Waals surface area (Å²) in [6.07, 6.45) is 1.79. The monoisotopic (exact) mass is 527 g/mol. The molecule has 33 heavy (non-hydrogen) atoms. The number of methoxy groups -OCH3 is 1. The number of aromatic amines is 1. The van der Waals surface area contributed by atoms with Gasteiger partial charge in [-0.2, -0.15) is 0 Å². The van der Waals surface area contributed by atoms with Crippen LogP contribution >= 0.6 is 27.3 Å². The predicted octanol–water partition coefficient (Wildman–Crippen LogP) is 3.83. The van der Waals surface area contributed by atoms with E-state index in [0.29, 0.717) is 17.1 Å². The van der Waals surface area contributed by atoms with Gasteiger partial charge in [0.2, 0.25) is 11.0 Å². The Morgan fingerprint density at radius 3 is 2.67 bits per heavy atom. The molecule has 2 heterocycles. The Kier molecular flexibility index (Phi) is 6.52. The molecule has 0 saturated carbocycles. The van der Waals surface area contributed by atoms with Crippen LogP contribution < -0.4 is 16.0 Å². The SMILES string of the molecule is CCc1cc(Br)ccc1-n1c(O)c(C=Nc2nnc(-c3ccc(OC)cc3)s2)c(=O)[nH]c1=O. The normalized spacial score (nSPS) is 11.2. The average molecular weight is 528 g/mol. The highest BCUT2D eigenvalue weighted by molar-refractivity contribution is 9.10.